The van der Waals surface area contributed by atoms with Crippen molar-refractivity contribution in [2.24, 2.45) is 0 Å². The van der Waals surface area contributed by atoms with Crippen molar-refractivity contribution in [2.75, 3.05) is 51.8 Å². The third-order valence-electron chi connectivity index (χ3n) is 4.78. The van der Waals surface area contributed by atoms with Crippen LogP contribution in [0, 0.1) is 0 Å². The Morgan fingerprint density at radius 1 is 1.00 bits per heavy atom. The normalized spacial score (nSPS) is 13.8. The number of hydrogen-bond acceptors (Lipinski definition) is 5. The van der Waals surface area contributed by atoms with Crippen molar-refractivity contribution < 1.29 is 19.1 Å². The average Bonchev–Trinajstić information content (AvgIpc) is 2.77. The number of hydrogen-bond donors (Lipinski definition) is 1. The molecule has 0 radical (unpaired) electrons. The number of benzene rings is 2. The van der Waals surface area contributed by atoms with Crippen LogP contribution in [0.15, 0.2) is 48.5 Å². The lowest BCUT2D eigenvalue weighted by Gasteiger charge is -2.35. The Kier molecular flexibility index (Phi) is 6.37. The standard InChI is InChI=1S/C21H25N3O4/c1-22-20(25)15-28-21(26)24-12-10-23(11-13-24)18-8-6-16(7-9-18)17-4-3-5-19(14-17)27-2/h3-9,14H,10-13,15H2,1-2H3,(H,22,25). The predicted octanol–water partition coefficient (Wildman–Crippen LogP) is 2.37. The van der Waals surface area contributed by atoms with Crippen molar-refractivity contribution in [1.29, 1.82) is 0 Å². The van der Waals surface area contributed by atoms with Gasteiger partial charge < -0.3 is 24.6 Å². The summed E-state index contributed by atoms with van der Waals surface area (Å²) in [7, 11) is 3.17. The molecule has 1 aliphatic rings. The van der Waals surface area contributed by atoms with Crippen LogP contribution in [0.4, 0.5) is 10.5 Å². The third-order valence-corrected chi connectivity index (χ3v) is 4.78. The number of methoxy groups -OCH3 is 1. The molecule has 2 aromatic carbocycles. The summed E-state index contributed by atoms with van der Waals surface area (Å²) in [6, 6.07) is 16.3. The highest BCUT2D eigenvalue weighted by atomic mass is 16.6. The van der Waals surface area contributed by atoms with Gasteiger partial charge in [0.25, 0.3) is 5.91 Å². The molecular weight excluding hydrogens is 358 g/mol. The van der Waals surface area contributed by atoms with Crippen molar-refractivity contribution in [1.82, 2.24) is 10.2 Å². The molecule has 7 heteroatoms. The van der Waals surface area contributed by atoms with Crippen LogP contribution in [0.2, 0.25) is 0 Å². The second-order valence-corrected chi connectivity index (χ2v) is 6.48. The lowest BCUT2D eigenvalue weighted by Crippen LogP contribution is -2.49. The van der Waals surface area contributed by atoms with E-state index in [0.717, 1.165) is 22.6 Å². The maximum Gasteiger partial charge on any atom is 0.410 e. The van der Waals surface area contributed by atoms with Gasteiger partial charge in [-0.15, -0.1) is 0 Å². The van der Waals surface area contributed by atoms with Gasteiger partial charge in [-0.2, -0.15) is 0 Å². The van der Waals surface area contributed by atoms with E-state index in [1.807, 2.05) is 18.2 Å². The first-order valence-electron chi connectivity index (χ1n) is 9.22. The fourth-order valence-corrected chi connectivity index (χ4v) is 3.11. The molecule has 1 N–H and O–H groups in total. The third kappa shape index (κ3) is 4.73. The van der Waals surface area contributed by atoms with Gasteiger partial charge in [0.05, 0.1) is 7.11 Å². The molecule has 3 rings (SSSR count). The van der Waals surface area contributed by atoms with Gasteiger partial charge in [-0.3, -0.25) is 4.79 Å². The summed E-state index contributed by atoms with van der Waals surface area (Å²) in [6.45, 7) is 2.30. The van der Waals surface area contributed by atoms with Gasteiger partial charge >= 0.3 is 6.09 Å². The van der Waals surface area contributed by atoms with Gasteiger partial charge in [0.15, 0.2) is 6.61 Å². The van der Waals surface area contributed by atoms with Crippen molar-refractivity contribution in [2.45, 2.75) is 0 Å². The molecule has 0 unspecified atom stereocenters. The van der Waals surface area contributed by atoms with E-state index in [9.17, 15) is 9.59 Å². The number of carbonyl (C=O) groups excluding carboxylic acids is 2. The van der Waals surface area contributed by atoms with E-state index in [1.54, 1.807) is 12.0 Å². The van der Waals surface area contributed by atoms with Gasteiger partial charge in [-0.05, 0) is 35.4 Å². The van der Waals surface area contributed by atoms with E-state index < -0.39 is 6.09 Å². The molecule has 2 amide bonds. The monoisotopic (exact) mass is 383 g/mol. The minimum absolute atomic E-state index is 0.249. The minimum Gasteiger partial charge on any atom is -0.497 e. The van der Waals surface area contributed by atoms with Gasteiger partial charge in [0, 0.05) is 38.9 Å². The Balaban J connectivity index is 1.56. The van der Waals surface area contributed by atoms with E-state index in [4.69, 9.17) is 9.47 Å². The van der Waals surface area contributed by atoms with Crippen molar-refractivity contribution in [3.63, 3.8) is 0 Å². The van der Waals surface area contributed by atoms with Crippen LogP contribution >= 0.6 is 0 Å². The van der Waals surface area contributed by atoms with Gasteiger partial charge in [0.1, 0.15) is 5.75 Å². The van der Waals surface area contributed by atoms with Gasteiger partial charge in [-0.25, -0.2) is 4.79 Å². The number of nitrogens with one attached hydrogen (secondary N) is 1. The lowest BCUT2D eigenvalue weighted by molar-refractivity contribution is -0.123. The molecule has 28 heavy (non-hydrogen) atoms. The smallest absolute Gasteiger partial charge is 0.410 e. The number of amides is 2. The number of carbonyl (C=O) groups is 2. The first-order valence-corrected chi connectivity index (χ1v) is 9.22. The number of anilines is 1. The van der Waals surface area contributed by atoms with Crippen molar-refractivity contribution >= 4 is 17.7 Å². The Morgan fingerprint density at radius 2 is 1.71 bits per heavy atom. The summed E-state index contributed by atoms with van der Waals surface area (Å²) in [5.41, 5.74) is 3.35. The maximum atomic E-state index is 12.0. The number of nitrogens with zero attached hydrogens (tertiary/aromatic N) is 2. The molecule has 1 fully saturated rings. The highest BCUT2D eigenvalue weighted by Gasteiger charge is 2.22. The maximum absolute atomic E-state index is 12.0. The summed E-state index contributed by atoms with van der Waals surface area (Å²) in [6.07, 6.45) is -0.448. The molecule has 148 valence electrons. The first kappa shape index (κ1) is 19.5. The van der Waals surface area contributed by atoms with Crippen LogP contribution in [0.5, 0.6) is 5.75 Å². The number of ether oxygens (including phenoxy) is 2. The quantitative estimate of drug-likeness (QED) is 0.858. The van der Waals surface area contributed by atoms with E-state index in [0.29, 0.717) is 26.2 Å². The Labute approximate surface area is 164 Å². The van der Waals surface area contributed by atoms with Crippen molar-refractivity contribution in [3.05, 3.63) is 48.5 Å². The molecule has 0 saturated carbocycles. The largest absolute Gasteiger partial charge is 0.497 e. The van der Waals surface area contributed by atoms with Crippen LogP contribution in [0.25, 0.3) is 11.1 Å². The van der Waals surface area contributed by atoms with Crippen LogP contribution in [0.3, 0.4) is 0 Å². The molecule has 0 aromatic heterocycles. The topological polar surface area (TPSA) is 71.1 Å². The van der Waals surface area contributed by atoms with E-state index >= 15 is 0 Å². The SMILES string of the molecule is CNC(=O)COC(=O)N1CCN(c2ccc(-c3cccc(OC)c3)cc2)CC1. The highest BCUT2D eigenvalue weighted by molar-refractivity contribution is 5.79. The Hall–Kier alpha value is -3.22. The zero-order chi connectivity index (χ0) is 19.9. The number of rotatable bonds is 5. The first-order chi connectivity index (χ1) is 13.6. The molecule has 1 heterocycles. The minimum atomic E-state index is -0.448. The fraction of sp³-hybridized carbons (Fsp3) is 0.333. The molecule has 0 spiro atoms. The van der Waals surface area contributed by atoms with E-state index in [-0.39, 0.29) is 12.5 Å². The molecular formula is C21H25N3O4. The Bertz CT molecular complexity index is 815. The molecule has 0 aliphatic carbocycles. The summed E-state index contributed by atoms with van der Waals surface area (Å²) < 4.78 is 10.3. The van der Waals surface area contributed by atoms with Gasteiger partial charge in [0.2, 0.25) is 0 Å². The zero-order valence-electron chi connectivity index (χ0n) is 16.2. The summed E-state index contributed by atoms with van der Waals surface area (Å²) in [4.78, 5) is 27.1. The summed E-state index contributed by atoms with van der Waals surface area (Å²) in [5.74, 6) is 0.518. The molecule has 7 nitrogen and oxygen atoms in total. The highest BCUT2D eigenvalue weighted by Crippen LogP contribution is 2.26. The number of piperazine rings is 1. The van der Waals surface area contributed by atoms with E-state index in [2.05, 4.69) is 40.5 Å². The summed E-state index contributed by atoms with van der Waals surface area (Å²) >= 11 is 0. The van der Waals surface area contributed by atoms with Crippen LogP contribution in [-0.2, 0) is 9.53 Å². The van der Waals surface area contributed by atoms with Crippen LogP contribution in [-0.4, -0.2) is 63.8 Å². The van der Waals surface area contributed by atoms with Crippen LogP contribution in [0.1, 0.15) is 0 Å². The Morgan fingerprint density at radius 3 is 2.36 bits per heavy atom. The number of likely N-dealkylation sites (N-methyl/N-ethyl adjacent to an activating group) is 1. The predicted molar refractivity (Wildman–Crippen MR) is 108 cm³/mol. The van der Waals surface area contributed by atoms with E-state index in [1.165, 1.54) is 7.05 Å². The van der Waals surface area contributed by atoms with Gasteiger partial charge in [-0.1, -0.05) is 24.3 Å². The summed E-state index contributed by atoms with van der Waals surface area (Å²) in [5, 5.41) is 2.42. The zero-order valence-corrected chi connectivity index (χ0v) is 16.2. The van der Waals surface area contributed by atoms with Crippen LogP contribution < -0.4 is 15.0 Å². The molecule has 0 atom stereocenters. The lowest BCUT2D eigenvalue weighted by atomic mass is 10.0. The fourth-order valence-electron chi connectivity index (χ4n) is 3.11. The average molecular weight is 383 g/mol. The second kappa shape index (κ2) is 9.12. The molecule has 1 saturated heterocycles. The van der Waals surface area contributed by atoms with Crippen molar-refractivity contribution in [3.8, 4) is 16.9 Å². The molecule has 2 aromatic rings. The second-order valence-electron chi connectivity index (χ2n) is 6.48. The molecule has 1 aliphatic heterocycles. The molecule has 0 bridgehead atoms.